The Morgan fingerprint density at radius 2 is 1.76 bits per heavy atom. The van der Waals surface area contributed by atoms with Crippen LogP contribution in [0.25, 0.3) is 0 Å². The van der Waals surface area contributed by atoms with E-state index in [1.165, 1.54) is 0 Å². The number of carbonyl (C=O) groups is 2. The predicted molar refractivity (Wildman–Crippen MR) is 71.0 cm³/mol. The summed E-state index contributed by atoms with van der Waals surface area (Å²) in [5, 5.41) is 2.35. The quantitative estimate of drug-likeness (QED) is 0.673. The van der Waals surface area contributed by atoms with Gasteiger partial charge in [0.15, 0.2) is 0 Å². The number of carbonyl (C=O) groups excluding carboxylic acids is 2. The molecule has 0 radical (unpaired) electrons. The molecule has 1 aromatic carbocycles. The lowest BCUT2D eigenvalue weighted by atomic mass is 10.1. The van der Waals surface area contributed by atoms with Gasteiger partial charge in [0.1, 0.15) is 0 Å². The fourth-order valence-electron chi connectivity index (χ4n) is 1.77. The molecule has 2 amide bonds. The summed E-state index contributed by atoms with van der Waals surface area (Å²) in [6.07, 6.45) is 0. The van der Waals surface area contributed by atoms with Crippen LogP contribution in [0.2, 0.25) is 0 Å². The Balaban J connectivity index is 2.57. The lowest BCUT2D eigenvalue weighted by Gasteiger charge is -2.10. The predicted octanol–water partition coefficient (Wildman–Crippen LogP) is 2.79. The van der Waals surface area contributed by atoms with Crippen molar-refractivity contribution in [3.05, 3.63) is 23.3 Å². The van der Waals surface area contributed by atoms with Crippen LogP contribution in [0.1, 0.15) is 34.6 Å². The number of imide groups is 1. The van der Waals surface area contributed by atoms with Gasteiger partial charge in [0.05, 0.1) is 11.1 Å². The maximum absolute atomic E-state index is 11.8. The normalized spacial score (nSPS) is 13.8. The molecule has 0 atom stereocenters. The average Bonchev–Trinajstić information content (AvgIpc) is 2.58. The van der Waals surface area contributed by atoms with Gasteiger partial charge in [-0.05, 0) is 23.6 Å². The first-order valence-electron chi connectivity index (χ1n) is 5.47. The topological polar surface area (TPSA) is 46.2 Å². The molecule has 90 valence electrons. The van der Waals surface area contributed by atoms with Crippen LogP contribution in [-0.2, 0) is 0 Å². The molecule has 1 heterocycles. The summed E-state index contributed by atoms with van der Waals surface area (Å²) in [6, 6.07) is 3.68. The number of amides is 2. The molecular weight excluding hydrogens is 254 g/mol. The van der Waals surface area contributed by atoms with E-state index in [9.17, 15) is 9.59 Å². The van der Waals surface area contributed by atoms with Gasteiger partial charge in [-0.1, -0.05) is 13.8 Å². The summed E-state index contributed by atoms with van der Waals surface area (Å²) >= 11 is 3.32. The molecule has 5 heteroatoms. The van der Waals surface area contributed by atoms with E-state index in [-0.39, 0.29) is 11.8 Å². The van der Waals surface area contributed by atoms with Crippen LogP contribution >= 0.6 is 23.5 Å². The van der Waals surface area contributed by atoms with Crippen LogP contribution in [0.5, 0.6) is 0 Å². The van der Waals surface area contributed by atoms with Crippen molar-refractivity contribution in [1.29, 1.82) is 0 Å². The van der Waals surface area contributed by atoms with Gasteiger partial charge >= 0.3 is 0 Å². The molecule has 1 aliphatic heterocycles. The first-order valence-corrected chi connectivity index (χ1v) is 7.44. The van der Waals surface area contributed by atoms with E-state index in [4.69, 9.17) is 0 Å². The van der Waals surface area contributed by atoms with E-state index in [1.54, 1.807) is 29.6 Å². The highest BCUT2D eigenvalue weighted by molar-refractivity contribution is 8.02. The monoisotopic (exact) mass is 267 g/mol. The molecule has 0 aromatic heterocycles. The second-order valence-corrected chi connectivity index (χ2v) is 6.04. The van der Waals surface area contributed by atoms with Crippen molar-refractivity contribution >= 4 is 35.3 Å². The first kappa shape index (κ1) is 12.5. The van der Waals surface area contributed by atoms with E-state index in [0.29, 0.717) is 11.1 Å². The van der Waals surface area contributed by atoms with Crippen molar-refractivity contribution in [2.45, 2.75) is 23.6 Å². The Labute approximate surface area is 109 Å². The zero-order valence-electron chi connectivity index (χ0n) is 9.70. The molecular formula is C12H13NO2S2. The minimum absolute atomic E-state index is 0.264. The van der Waals surface area contributed by atoms with E-state index in [1.807, 2.05) is 13.0 Å². The molecule has 0 aliphatic carbocycles. The van der Waals surface area contributed by atoms with E-state index in [0.717, 1.165) is 21.3 Å². The maximum atomic E-state index is 11.8. The van der Waals surface area contributed by atoms with Crippen LogP contribution in [0.15, 0.2) is 21.9 Å². The Morgan fingerprint density at radius 3 is 2.41 bits per heavy atom. The molecule has 2 rings (SSSR count). The minimum Gasteiger partial charge on any atom is -0.288 e. The van der Waals surface area contributed by atoms with E-state index in [2.05, 4.69) is 12.2 Å². The van der Waals surface area contributed by atoms with Gasteiger partial charge in [0.2, 0.25) is 0 Å². The molecule has 1 aromatic rings. The molecule has 0 fully saturated rings. The summed E-state index contributed by atoms with van der Waals surface area (Å²) in [6.45, 7) is 4.11. The highest BCUT2D eigenvalue weighted by atomic mass is 32.2. The van der Waals surface area contributed by atoms with Gasteiger partial charge in [0.25, 0.3) is 11.8 Å². The molecule has 0 saturated carbocycles. The van der Waals surface area contributed by atoms with Crippen molar-refractivity contribution in [3.8, 4) is 0 Å². The van der Waals surface area contributed by atoms with Crippen molar-refractivity contribution in [2.24, 2.45) is 0 Å². The van der Waals surface area contributed by atoms with Crippen LogP contribution in [0.4, 0.5) is 0 Å². The van der Waals surface area contributed by atoms with Gasteiger partial charge in [-0.3, -0.25) is 14.9 Å². The van der Waals surface area contributed by atoms with Crippen LogP contribution < -0.4 is 5.32 Å². The fourth-order valence-corrected chi connectivity index (χ4v) is 3.68. The molecule has 1 aliphatic rings. The molecule has 3 nitrogen and oxygen atoms in total. The SMILES string of the molecule is CCSc1ccc2c(c1SCC)C(=O)NC2=O. The van der Waals surface area contributed by atoms with Gasteiger partial charge in [-0.15, -0.1) is 23.5 Å². The number of thioether (sulfide) groups is 2. The standard InChI is InChI=1S/C12H13NO2S2/c1-3-16-8-6-5-7-9(10(8)17-4-2)12(15)13-11(7)14/h5-6H,3-4H2,1-2H3,(H,13,14,15). The zero-order chi connectivity index (χ0) is 12.4. The Morgan fingerprint density at radius 1 is 1.06 bits per heavy atom. The summed E-state index contributed by atoms with van der Waals surface area (Å²) in [5.74, 6) is 1.29. The van der Waals surface area contributed by atoms with E-state index >= 15 is 0 Å². The Bertz CT molecular complexity index is 486. The second-order valence-electron chi connectivity index (χ2n) is 3.46. The highest BCUT2D eigenvalue weighted by Gasteiger charge is 2.30. The van der Waals surface area contributed by atoms with Crippen LogP contribution in [-0.4, -0.2) is 23.3 Å². The zero-order valence-corrected chi connectivity index (χ0v) is 11.3. The number of hydrogen-bond donors (Lipinski definition) is 1. The first-order chi connectivity index (χ1) is 8.19. The summed E-state index contributed by atoms with van der Waals surface area (Å²) in [4.78, 5) is 25.4. The molecule has 0 unspecified atom stereocenters. The third-order valence-electron chi connectivity index (χ3n) is 2.41. The van der Waals surface area contributed by atoms with Gasteiger partial charge in [-0.2, -0.15) is 0 Å². The number of fused-ring (bicyclic) bond motifs is 1. The number of benzene rings is 1. The largest absolute Gasteiger partial charge is 0.288 e. The third-order valence-corrected chi connectivity index (χ3v) is 4.48. The van der Waals surface area contributed by atoms with Crippen LogP contribution in [0, 0.1) is 0 Å². The van der Waals surface area contributed by atoms with Crippen molar-refractivity contribution in [3.63, 3.8) is 0 Å². The number of rotatable bonds is 4. The average molecular weight is 267 g/mol. The minimum atomic E-state index is -0.281. The lowest BCUT2D eigenvalue weighted by Crippen LogP contribution is -2.20. The fraction of sp³-hybridized carbons (Fsp3) is 0.333. The maximum Gasteiger partial charge on any atom is 0.260 e. The van der Waals surface area contributed by atoms with Gasteiger partial charge in [0, 0.05) is 9.79 Å². The smallest absolute Gasteiger partial charge is 0.260 e. The summed E-state index contributed by atoms with van der Waals surface area (Å²) in [7, 11) is 0. The van der Waals surface area contributed by atoms with E-state index < -0.39 is 0 Å². The van der Waals surface area contributed by atoms with Gasteiger partial charge in [-0.25, -0.2) is 0 Å². The van der Waals surface area contributed by atoms with Crippen molar-refractivity contribution in [1.82, 2.24) is 5.32 Å². The van der Waals surface area contributed by atoms with Crippen LogP contribution in [0.3, 0.4) is 0 Å². The number of nitrogens with one attached hydrogen (secondary N) is 1. The summed E-state index contributed by atoms with van der Waals surface area (Å²) < 4.78 is 0. The Kier molecular flexibility index (Phi) is 3.79. The third kappa shape index (κ3) is 2.21. The molecule has 17 heavy (non-hydrogen) atoms. The molecule has 1 N–H and O–H groups in total. The molecule has 0 spiro atoms. The Hall–Kier alpha value is -0.940. The molecule has 0 bridgehead atoms. The molecule has 0 saturated heterocycles. The van der Waals surface area contributed by atoms with Crippen molar-refractivity contribution in [2.75, 3.05) is 11.5 Å². The second kappa shape index (κ2) is 5.14. The lowest BCUT2D eigenvalue weighted by molar-refractivity contribution is 0.0878. The summed E-state index contributed by atoms with van der Waals surface area (Å²) in [5.41, 5.74) is 1.06. The highest BCUT2D eigenvalue weighted by Crippen LogP contribution is 2.37. The number of hydrogen-bond acceptors (Lipinski definition) is 4. The van der Waals surface area contributed by atoms with Gasteiger partial charge < -0.3 is 0 Å². The van der Waals surface area contributed by atoms with Crippen molar-refractivity contribution < 1.29 is 9.59 Å².